The fourth-order valence-corrected chi connectivity index (χ4v) is 3.01. The van der Waals surface area contributed by atoms with E-state index in [1.807, 2.05) is 6.07 Å². The Balaban J connectivity index is 0.00000220. The van der Waals surface area contributed by atoms with Crippen molar-refractivity contribution in [1.82, 2.24) is 4.90 Å². The number of likely N-dealkylation sites (tertiary alicyclic amines) is 1. The summed E-state index contributed by atoms with van der Waals surface area (Å²) in [6, 6.07) is 5.05. The molecular formula is C14H21Cl2N3O2. The molecule has 1 aromatic carbocycles. The molecule has 1 unspecified atom stereocenters. The van der Waals surface area contributed by atoms with E-state index in [9.17, 15) is 10.1 Å². The molecular weight excluding hydrogens is 313 g/mol. The van der Waals surface area contributed by atoms with Gasteiger partial charge in [-0.05, 0) is 49.9 Å². The second kappa shape index (κ2) is 8.54. The molecule has 2 N–H and O–H groups in total. The van der Waals surface area contributed by atoms with Crippen LogP contribution in [-0.2, 0) is 6.54 Å². The molecule has 1 aromatic rings. The first-order valence-electron chi connectivity index (χ1n) is 6.95. The van der Waals surface area contributed by atoms with Crippen LogP contribution in [0.1, 0.15) is 24.8 Å². The number of benzene rings is 1. The van der Waals surface area contributed by atoms with Gasteiger partial charge >= 0.3 is 0 Å². The van der Waals surface area contributed by atoms with E-state index in [1.54, 1.807) is 12.1 Å². The Morgan fingerprint density at radius 2 is 2.24 bits per heavy atom. The quantitative estimate of drug-likeness (QED) is 0.663. The minimum absolute atomic E-state index is 0. The number of rotatable bonds is 5. The van der Waals surface area contributed by atoms with E-state index in [4.69, 9.17) is 17.3 Å². The third-order valence-corrected chi connectivity index (χ3v) is 4.11. The zero-order chi connectivity index (χ0) is 14.5. The molecule has 5 nitrogen and oxygen atoms in total. The maximum Gasteiger partial charge on any atom is 0.288 e. The lowest BCUT2D eigenvalue weighted by molar-refractivity contribution is -0.384. The van der Waals surface area contributed by atoms with Crippen LogP contribution in [0, 0.1) is 16.0 Å². The van der Waals surface area contributed by atoms with Gasteiger partial charge in [-0.25, -0.2) is 0 Å². The molecule has 0 saturated carbocycles. The van der Waals surface area contributed by atoms with Crippen molar-refractivity contribution in [3.05, 3.63) is 38.9 Å². The smallest absolute Gasteiger partial charge is 0.288 e. The summed E-state index contributed by atoms with van der Waals surface area (Å²) in [5, 5.41) is 11.1. The SMILES string of the molecule is Cl.NCCC1CCCN(Cc2ccc(Cl)c([N+](=O)[O-])c2)C1. The number of nitro groups is 1. The van der Waals surface area contributed by atoms with Crippen molar-refractivity contribution in [3.63, 3.8) is 0 Å². The van der Waals surface area contributed by atoms with Crippen LogP contribution in [0.25, 0.3) is 0 Å². The molecule has 1 fully saturated rings. The van der Waals surface area contributed by atoms with Crippen molar-refractivity contribution in [2.24, 2.45) is 11.7 Å². The maximum atomic E-state index is 10.9. The lowest BCUT2D eigenvalue weighted by Gasteiger charge is -2.32. The molecule has 118 valence electrons. The molecule has 1 saturated heterocycles. The summed E-state index contributed by atoms with van der Waals surface area (Å²) in [4.78, 5) is 12.8. The standard InChI is InChI=1S/C14H20ClN3O2.ClH/c15-13-4-3-12(8-14(13)18(19)20)10-17-7-1-2-11(9-17)5-6-16;/h3-4,8,11H,1-2,5-7,9-10,16H2;1H. The summed E-state index contributed by atoms with van der Waals surface area (Å²) in [5.74, 6) is 0.649. The van der Waals surface area contributed by atoms with Crippen LogP contribution in [0.4, 0.5) is 5.69 Å². The molecule has 1 aliphatic heterocycles. The van der Waals surface area contributed by atoms with Crippen molar-refractivity contribution in [3.8, 4) is 0 Å². The predicted molar refractivity (Wildman–Crippen MR) is 87.0 cm³/mol. The minimum atomic E-state index is -0.431. The Labute approximate surface area is 136 Å². The first-order chi connectivity index (χ1) is 9.60. The van der Waals surface area contributed by atoms with E-state index < -0.39 is 4.92 Å². The Morgan fingerprint density at radius 3 is 2.90 bits per heavy atom. The number of nitro benzene ring substituents is 1. The van der Waals surface area contributed by atoms with Gasteiger partial charge < -0.3 is 5.73 Å². The monoisotopic (exact) mass is 333 g/mol. The average Bonchev–Trinajstić information content (AvgIpc) is 2.41. The van der Waals surface area contributed by atoms with Gasteiger partial charge in [0.25, 0.3) is 5.69 Å². The molecule has 0 bridgehead atoms. The first-order valence-corrected chi connectivity index (χ1v) is 7.33. The van der Waals surface area contributed by atoms with E-state index in [0.717, 1.165) is 38.2 Å². The number of nitrogens with two attached hydrogens (primary N) is 1. The van der Waals surface area contributed by atoms with Crippen LogP contribution in [0.2, 0.25) is 5.02 Å². The van der Waals surface area contributed by atoms with Crippen molar-refractivity contribution in [1.29, 1.82) is 0 Å². The number of halogens is 2. The maximum absolute atomic E-state index is 10.9. The highest BCUT2D eigenvalue weighted by atomic mass is 35.5. The second-order valence-electron chi connectivity index (χ2n) is 5.36. The van der Waals surface area contributed by atoms with Crippen LogP contribution < -0.4 is 5.73 Å². The van der Waals surface area contributed by atoms with Gasteiger partial charge in [0.15, 0.2) is 0 Å². The topological polar surface area (TPSA) is 72.4 Å². The summed E-state index contributed by atoms with van der Waals surface area (Å²) in [5.41, 5.74) is 6.54. The van der Waals surface area contributed by atoms with Crippen molar-refractivity contribution < 1.29 is 4.92 Å². The lowest BCUT2D eigenvalue weighted by Crippen LogP contribution is -2.35. The van der Waals surface area contributed by atoms with Crippen molar-refractivity contribution >= 4 is 29.7 Å². The summed E-state index contributed by atoms with van der Waals surface area (Å²) < 4.78 is 0. The Morgan fingerprint density at radius 1 is 1.48 bits per heavy atom. The van der Waals surface area contributed by atoms with Crippen molar-refractivity contribution in [2.45, 2.75) is 25.8 Å². The Hall–Kier alpha value is -0.880. The van der Waals surface area contributed by atoms with Gasteiger partial charge in [0, 0.05) is 19.2 Å². The predicted octanol–water partition coefficient (Wildman–Crippen LogP) is 3.23. The van der Waals surface area contributed by atoms with Crippen LogP contribution in [0.15, 0.2) is 18.2 Å². The summed E-state index contributed by atoms with van der Waals surface area (Å²) in [6.07, 6.45) is 3.45. The van der Waals surface area contributed by atoms with E-state index in [0.29, 0.717) is 5.92 Å². The molecule has 0 aliphatic carbocycles. The van der Waals surface area contributed by atoms with Gasteiger partial charge in [0.2, 0.25) is 0 Å². The molecule has 2 rings (SSSR count). The van der Waals surface area contributed by atoms with Crippen LogP contribution in [0.5, 0.6) is 0 Å². The van der Waals surface area contributed by atoms with Crippen LogP contribution in [0.3, 0.4) is 0 Å². The second-order valence-corrected chi connectivity index (χ2v) is 5.77. The molecule has 21 heavy (non-hydrogen) atoms. The normalized spacial score (nSPS) is 19.0. The zero-order valence-corrected chi connectivity index (χ0v) is 13.4. The molecule has 1 aliphatic rings. The number of hydrogen-bond donors (Lipinski definition) is 1. The van der Waals surface area contributed by atoms with Gasteiger partial charge in [-0.15, -0.1) is 12.4 Å². The molecule has 0 amide bonds. The highest BCUT2D eigenvalue weighted by Gasteiger charge is 2.20. The Bertz CT molecular complexity index is 483. The zero-order valence-electron chi connectivity index (χ0n) is 11.8. The fraction of sp³-hybridized carbons (Fsp3) is 0.571. The van der Waals surface area contributed by atoms with Gasteiger partial charge in [0.1, 0.15) is 5.02 Å². The third-order valence-electron chi connectivity index (χ3n) is 3.79. The molecule has 0 radical (unpaired) electrons. The van der Waals surface area contributed by atoms with Gasteiger partial charge in [0.05, 0.1) is 4.92 Å². The highest BCUT2D eigenvalue weighted by Crippen LogP contribution is 2.27. The molecule has 0 aromatic heterocycles. The van der Waals surface area contributed by atoms with Gasteiger partial charge in [-0.3, -0.25) is 15.0 Å². The fourth-order valence-electron chi connectivity index (χ4n) is 2.82. The third kappa shape index (κ3) is 5.11. The van der Waals surface area contributed by atoms with E-state index in [-0.39, 0.29) is 23.1 Å². The minimum Gasteiger partial charge on any atom is -0.330 e. The van der Waals surface area contributed by atoms with Gasteiger partial charge in [-0.2, -0.15) is 0 Å². The molecule has 1 atom stereocenters. The summed E-state index contributed by atoms with van der Waals surface area (Å²) in [6.45, 7) is 3.52. The van der Waals surface area contributed by atoms with Crippen LogP contribution >= 0.6 is 24.0 Å². The van der Waals surface area contributed by atoms with E-state index >= 15 is 0 Å². The number of hydrogen-bond acceptors (Lipinski definition) is 4. The molecule has 7 heteroatoms. The van der Waals surface area contributed by atoms with Crippen molar-refractivity contribution in [2.75, 3.05) is 19.6 Å². The number of nitrogens with zero attached hydrogens (tertiary/aromatic N) is 2. The molecule has 0 spiro atoms. The summed E-state index contributed by atoms with van der Waals surface area (Å²) >= 11 is 5.83. The molecule has 1 heterocycles. The van der Waals surface area contributed by atoms with Gasteiger partial charge in [-0.1, -0.05) is 17.7 Å². The Kier molecular flexibility index (Phi) is 7.39. The van der Waals surface area contributed by atoms with E-state index in [2.05, 4.69) is 4.90 Å². The summed E-state index contributed by atoms with van der Waals surface area (Å²) in [7, 11) is 0. The average molecular weight is 334 g/mol. The largest absolute Gasteiger partial charge is 0.330 e. The highest BCUT2D eigenvalue weighted by molar-refractivity contribution is 6.32. The first kappa shape index (κ1) is 18.2. The van der Waals surface area contributed by atoms with E-state index in [1.165, 1.54) is 12.8 Å². The lowest BCUT2D eigenvalue weighted by atomic mass is 9.94. The number of piperidine rings is 1. The van der Waals surface area contributed by atoms with Crippen LogP contribution in [-0.4, -0.2) is 29.5 Å².